The molecule has 1 unspecified atom stereocenters. The van der Waals surface area contributed by atoms with E-state index in [4.69, 9.17) is 4.74 Å². The van der Waals surface area contributed by atoms with E-state index in [0.29, 0.717) is 6.61 Å². The summed E-state index contributed by atoms with van der Waals surface area (Å²) in [6, 6.07) is 15.0. The van der Waals surface area contributed by atoms with Crippen LogP contribution in [0.4, 0.5) is 5.69 Å². The van der Waals surface area contributed by atoms with Crippen LogP contribution in [0, 0.1) is 13.8 Å². The van der Waals surface area contributed by atoms with Crippen molar-refractivity contribution in [3.8, 4) is 17.0 Å². The van der Waals surface area contributed by atoms with Gasteiger partial charge in [0.15, 0.2) is 0 Å². The van der Waals surface area contributed by atoms with Crippen LogP contribution in [-0.4, -0.2) is 46.3 Å². The SMILES string of the molecule is Cc1ccc(N2CCN(C(=O)Cn3ncc4c3-c3cc(C)ccc3OC4)CC2C)cc1. The third-order valence-electron chi connectivity index (χ3n) is 6.32. The van der Waals surface area contributed by atoms with Gasteiger partial charge in [-0.05, 0) is 45.0 Å². The fourth-order valence-electron chi connectivity index (χ4n) is 4.60. The van der Waals surface area contributed by atoms with Crippen molar-refractivity contribution in [2.24, 2.45) is 0 Å². The second-order valence-electron chi connectivity index (χ2n) is 8.68. The first-order chi connectivity index (χ1) is 15.0. The summed E-state index contributed by atoms with van der Waals surface area (Å²) >= 11 is 0. The minimum Gasteiger partial charge on any atom is -0.488 e. The van der Waals surface area contributed by atoms with E-state index in [1.165, 1.54) is 11.3 Å². The molecule has 0 radical (unpaired) electrons. The van der Waals surface area contributed by atoms with Gasteiger partial charge in [0, 0.05) is 42.5 Å². The van der Waals surface area contributed by atoms with Crippen molar-refractivity contribution < 1.29 is 9.53 Å². The third kappa shape index (κ3) is 3.67. The van der Waals surface area contributed by atoms with E-state index in [-0.39, 0.29) is 18.5 Å². The molecule has 1 fully saturated rings. The normalized spacial score (nSPS) is 17.7. The Bertz CT molecular complexity index is 1120. The zero-order valence-electron chi connectivity index (χ0n) is 18.3. The van der Waals surface area contributed by atoms with Gasteiger partial charge in [0.1, 0.15) is 18.9 Å². The molecule has 1 atom stereocenters. The predicted octanol–water partition coefficient (Wildman–Crippen LogP) is 3.80. The Morgan fingerprint density at radius 3 is 2.65 bits per heavy atom. The van der Waals surface area contributed by atoms with Crippen molar-refractivity contribution in [2.45, 2.75) is 40.0 Å². The molecule has 2 aliphatic rings. The Morgan fingerprint density at radius 1 is 1.10 bits per heavy atom. The molecule has 1 saturated heterocycles. The van der Waals surface area contributed by atoms with Gasteiger partial charge >= 0.3 is 0 Å². The number of fused-ring (bicyclic) bond motifs is 3. The van der Waals surface area contributed by atoms with Crippen molar-refractivity contribution in [1.82, 2.24) is 14.7 Å². The van der Waals surface area contributed by atoms with Crippen molar-refractivity contribution in [3.05, 3.63) is 65.4 Å². The summed E-state index contributed by atoms with van der Waals surface area (Å²) in [6.07, 6.45) is 1.83. The van der Waals surface area contributed by atoms with Gasteiger partial charge in [-0.25, -0.2) is 0 Å². The lowest BCUT2D eigenvalue weighted by Crippen LogP contribution is -2.54. The first-order valence-corrected chi connectivity index (χ1v) is 10.9. The topological polar surface area (TPSA) is 50.6 Å². The van der Waals surface area contributed by atoms with Crippen LogP contribution in [0.3, 0.4) is 0 Å². The van der Waals surface area contributed by atoms with Crippen molar-refractivity contribution in [3.63, 3.8) is 0 Å². The number of carbonyl (C=O) groups excluding carboxylic acids is 1. The average molecular weight is 417 g/mol. The number of hydrogen-bond donors (Lipinski definition) is 0. The summed E-state index contributed by atoms with van der Waals surface area (Å²) < 4.78 is 7.70. The molecular formula is C25H28N4O2. The molecule has 3 heterocycles. The highest BCUT2D eigenvalue weighted by molar-refractivity contribution is 5.79. The van der Waals surface area contributed by atoms with Crippen LogP contribution in [0.1, 0.15) is 23.6 Å². The minimum absolute atomic E-state index is 0.113. The van der Waals surface area contributed by atoms with E-state index in [1.54, 1.807) is 0 Å². The maximum atomic E-state index is 13.2. The molecule has 0 saturated carbocycles. The fraction of sp³-hybridized carbons (Fsp3) is 0.360. The number of rotatable bonds is 3. The fourth-order valence-corrected chi connectivity index (χ4v) is 4.60. The number of benzene rings is 2. The molecule has 0 spiro atoms. The number of amides is 1. The van der Waals surface area contributed by atoms with Crippen LogP contribution >= 0.6 is 0 Å². The van der Waals surface area contributed by atoms with E-state index in [9.17, 15) is 4.79 Å². The highest BCUT2D eigenvalue weighted by Crippen LogP contribution is 2.38. The molecule has 2 aliphatic heterocycles. The largest absolute Gasteiger partial charge is 0.488 e. The lowest BCUT2D eigenvalue weighted by molar-refractivity contribution is -0.132. The highest BCUT2D eigenvalue weighted by atomic mass is 16.5. The number of carbonyl (C=O) groups is 1. The molecule has 0 aliphatic carbocycles. The number of anilines is 1. The number of nitrogens with zero attached hydrogens (tertiary/aromatic N) is 4. The van der Waals surface area contributed by atoms with Gasteiger partial charge < -0.3 is 14.5 Å². The number of aryl methyl sites for hydroxylation is 2. The Balaban J connectivity index is 1.31. The number of ether oxygens (including phenoxy) is 1. The quantitative estimate of drug-likeness (QED) is 0.652. The first kappa shape index (κ1) is 19.7. The summed E-state index contributed by atoms with van der Waals surface area (Å²) in [5, 5.41) is 4.53. The molecule has 6 nitrogen and oxygen atoms in total. The van der Waals surface area contributed by atoms with Crippen LogP contribution in [0.2, 0.25) is 0 Å². The molecule has 1 aromatic heterocycles. The lowest BCUT2D eigenvalue weighted by Gasteiger charge is -2.41. The van der Waals surface area contributed by atoms with Crippen LogP contribution < -0.4 is 9.64 Å². The smallest absolute Gasteiger partial charge is 0.244 e. The van der Waals surface area contributed by atoms with E-state index in [2.05, 4.69) is 61.1 Å². The Hall–Kier alpha value is -3.28. The number of piperazine rings is 1. The monoisotopic (exact) mass is 416 g/mol. The second kappa shape index (κ2) is 7.76. The van der Waals surface area contributed by atoms with E-state index < -0.39 is 0 Å². The van der Waals surface area contributed by atoms with Gasteiger partial charge in [-0.15, -0.1) is 0 Å². The number of aromatic nitrogens is 2. The Labute approximate surface area is 183 Å². The summed E-state index contributed by atoms with van der Waals surface area (Å²) in [6.45, 7) is 9.37. The summed E-state index contributed by atoms with van der Waals surface area (Å²) in [7, 11) is 0. The lowest BCUT2D eigenvalue weighted by atomic mass is 10.0. The standard InChI is InChI=1S/C25H28N4O2/c1-17-4-7-21(8-5-17)28-11-10-27(14-19(28)3)24(30)15-29-25-20(13-26-29)16-31-23-9-6-18(2)12-22(23)25/h4-9,12-13,19H,10-11,14-16H2,1-3H3. The van der Waals surface area contributed by atoms with Gasteiger partial charge in [0.2, 0.25) is 5.91 Å². The molecule has 0 bridgehead atoms. The molecule has 5 rings (SSSR count). The molecule has 160 valence electrons. The van der Waals surface area contributed by atoms with Crippen LogP contribution in [0.25, 0.3) is 11.3 Å². The van der Waals surface area contributed by atoms with E-state index in [0.717, 1.165) is 47.8 Å². The van der Waals surface area contributed by atoms with Crippen molar-refractivity contribution in [1.29, 1.82) is 0 Å². The molecule has 1 amide bonds. The van der Waals surface area contributed by atoms with E-state index >= 15 is 0 Å². The average Bonchev–Trinajstić information content (AvgIpc) is 3.17. The Kier molecular flexibility index (Phi) is 4.93. The molecule has 2 aromatic carbocycles. The zero-order chi connectivity index (χ0) is 21.5. The van der Waals surface area contributed by atoms with Gasteiger partial charge in [0.05, 0.1) is 11.9 Å². The molecule has 0 N–H and O–H groups in total. The maximum absolute atomic E-state index is 13.2. The van der Waals surface area contributed by atoms with Crippen molar-refractivity contribution >= 4 is 11.6 Å². The highest BCUT2D eigenvalue weighted by Gasteiger charge is 2.29. The third-order valence-corrected chi connectivity index (χ3v) is 6.32. The van der Waals surface area contributed by atoms with Crippen LogP contribution in [0.5, 0.6) is 5.75 Å². The summed E-state index contributed by atoms with van der Waals surface area (Å²) in [5.41, 5.74) is 6.70. The van der Waals surface area contributed by atoms with Crippen LogP contribution in [0.15, 0.2) is 48.7 Å². The predicted molar refractivity (Wildman–Crippen MR) is 121 cm³/mol. The number of hydrogen-bond acceptors (Lipinski definition) is 4. The zero-order valence-corrected chi connectivity index (χ0v) is 18.3. The van der Waals surface area contributed by atoms with Gasteiger partial charge in [0.25, 0.3) is 0 Å². The molecule has 31 heavy (non-hydrogen) atoms. The van der Waals surface area contributed by atoms with Gasteiger partial charge in [-0.2, -0.15) is 5.10 Å². The Morgan fingerprint density at radius 2 is 1.87 bits per heavy atom. The summed E-state index contributed by atoms with van der Waals surface area (Å²) in [4.78, 5) is 17.5. The van der Waals surface area contributed by atoms with Gasteiger partial charge in [-0.1, -0.05) is 29.3 Å². The maximum Gasteiger partial charge on any atom is 0.244 e. The molecule has 6 heteroatoms. The minimum atomic E-state index is 0.113. The van der Waals surface area contributed by atoms with Crippen molar-refractivity contribution in [2.75, 3.05) is 24.5 Å². The van der Waals surface area contributed by atoms with Gasteiger partial charge in [-0.3, -0.25) is 9.48 Å². The molecule has 3 aromatic rings. The molecular weight excluding hydrogens is 388 g/mol. The first-order valence-electron chi connectivity index (χ1n) is 10.9. The summed E-state index contributed by atoms with van der Waals surface area (Å²) in [5.74, 6) is 0.967. The second-order valence-corrected chi connectivity index (χ2v) is 8.68. The van der Waals surface area contributed by atoms with Crippen LogP contribution in [-0.2, 0) is 17.9 Å². The van der Waals surface area contributed by atoms with E-state index in [1.807, 2.05) is 27.9 Å².